The van der Waals surface area contributed by atoms with Crippen LogP contribution in [0.15, 0.2) is 0 Å². The molecule has 0 aliphatic heterocycles. The molecule has 0 aromatic rings. The molecule has 0 spiro atoms. The maximum Gasteiger partial charge on any atom is 0.0494 e. The van der Waals surface area contributed by atoms with E-state index < -0.39 is 0 Å². The van der Waals surface area contributed by atoms with Gasteiger partial charge in [0.1, 0.15) is 0 Å². The Kier molecular flexibility index (Phi) is 3.59. The molecular weight excluding hydrogens is 174 g/mol. The highest BCUT2D eigenvalue weighted by Crippen LogP contribution is 2.51. The standard InChI is InChI=1S/C12H25NO/c1-10(2)12(5-6-12)8-13-7-11(3,4)9-14/h10,13-14H,5-9H2,1-4H3. The first kappa shape index (κ1) is 12.0. The van der Waals surface area contributed by atoms with Gasteiger partial charge in [-0.1, -0.05) is 27.7 Å². The van der Waals surface area contributed by atoms with Crippen LogP contribution in [-0.4, -0.2) is 24.8 Å². The minimum Gasteiger partial charge on any atom is -0.396 e. The van der Waals surface area contributed by atoms with Crippen LogP contribution in [0.1, 0.15) is 40.5 Å². The molecule has 2 heteroatoms. The molecule has 84 valence electrons. The van der Waals surface area contributed by atoms with Gasteiger partial charge in [0, 0.05) is 25.1 Å². The van der Waals surface area contributed by atoms with Gasteiger partial charge in [0.25, 0.3) is 0 Å². The van der Waals surface area contributed by atoms with Crippen molar-refractivity contribution in [1.82, 2.24) is 5.32 Å². The first-order chi connectivity index (χ1) is 6.42. The van der Waals surface area contributed by atoms with Crippen molar-refractivity contribution in [1.29, 1.82) is 0 Å². The van der Waals surface area contributed by atoms with Crippen LogP contribution in [0.4, 0.5) is 0 Å². The predicted octanol–water partition coefficient (Wildman–Crippen LogP) is 2.03. The molecule has 1 aliphatic rings. The van der Waals surface area contributed by atoms with Crippen molar-refractivity contribution < 1.29 is 5.11 Å². The summed E-state index contributed by atoms with van der Waals surface area (Å²) in [6.07, 6.45) is 2.74. The van der Waals surface area contributed by atoms with E-state index in [1.165, 1.54) is 12.8 Å². The summed E-state index contributed by atoms with van der Waals surface area (Å²) in [6.45, 7) is 11.1. The maximum absolute atomic E-state index is 9.11. The highest BCUT2D eigenvalue weighted by atomic mass is 16.3. The van der Waals surface area contributed by atoms with E-state index in [9.17, 15) is 0 Å². The van der Waals surface area contributed by atoms with Crippen LogP contribution in [0.2, 0.25) is 0 Å². The lowest BCUT2D eigenvalue weighted by Crippen LogP contribution is -2.36. The summed E-state index contributed by atoms with van der Waals surface area (Å²) >= 11 is 0. The van der Waals surface area contributed by atoms with E-state index in [1.807, 2.05) is 0 Å². The average Bonchev–Trinajstić information content (AvgIpc) is 2.85. The van der Waals surface area contributed by atoms with Crippen LogP contribution in [-0.2, 0) is 0 Å². The molecule has 0 atom stereocenters. The van der Waals surface area contributed by atoms with Gasteiger partial charge in [-0.2, -0.15) is 0 Å². The summed E-state index contributed by atoms with van der Waals surface area (Å²) in [4.78, 5) is 0. The topological polar surface area (TPSA) is 32.3 Å². The van der Waals surface area contributed by atoms with Gasteiger partial charge in [0.15, 0.2) is 0 Å². The zero-order valence-electron chi connectivity index (χ0n) is 10.1. The second-order valence-corrected chi connectivity index (χ2v) is 5.94. The predicted molar refractivity (Wildman–Crippen MR) is 60.2 cm³/mol. The van der Waals surface area contributed by atoms with Crippen molar-refractivity contribution in [3.63, 3.8) is 0 Å². The Hall–Kier alpha value is -0.0800. The SMILES string of the molecule is CC(C)C1(CNCC(C)(C)CO)CC1. The van der Waals surface area contributed by atoms with Gasteiger partial charge >= 0.3 is 0 Å². The van der Waals surface area contributed by atoms with E-state index in [0.717, 1.165) is 19.0 Å². The third kappa shape index (κ3) is 2.96. The van der Waals surface area contributed by atoms with E-state index in [-0.39, 0.29) is 12.0 Å². The average molecular weight is 199 g/mol. The molecule has 0 radical (unpaired) electrons. The second kappa shape index (κ2) is 4.19. The van der Waals surface area contributed by atoms with E-state index in [1.54, 1.807) is 0 Å². The van der Waals surface area contributed by atoms with Gasteiger partial charge in [-0.3, -0.25) is 0 Å². The molecule has 2 nitrogen and oxygen atoms in total. The second-order valence-electron chi connectivity index (χ2n) is 5.94. The number of hydrogen-bond acceptors (Lipinski definition) is 2. The van der Waals surface area contributed by atoms with Crippen LogP contribution in [0.3, 0.4) is 0 Å². The fourth-order valence-electron chi connectivity index (χ4n) is 1.82. The third-order valence-electron chi connectivity index (χ3n) is 3.63. The molecule has 0 aromatic carbocycles. The van der Waals surface area contributed by atoms with E-state index in [0.29, 0.717) is 5.41 Å². The van der Waals surface area contributed by atoms with Crippen molar-refractivity contribution in [3.8, 4) is 0 Å². The van der Waals surface area contributed by atoms with Crippen LogP contribution in [0, 0.1) is 16.7 Å². The molecule has 1 saturated carbocycles. The lowest BCUT2D eigenvalue weighted by molar-refractivity contribution is 0.153. The molecule has 0 heterocycles. The summed E-state index contributed by atoms with van der Waals surface area (Å²) in [5.74, 6) is 0.784. The lowest BCUT2D eigenvalue weighted by Gasteiger charge is -2.26. The molecule has 1 rings (SSSR count). The first-order valence-corrected chi connectivity index (χ1v) is 5.73. The smallest absolute Gasteiger partial charge is 0.0494 e. The highest BCUT2D eigenvalue weighted by molar-refractivity contribution is 4.97. The van der Waals surface area contributed by atoms with Crippen LogP contribution < -0.4 is 5.32 Å². The lowest BCUT2D eigenvalue weighted by atomic mass is 9.91. The zero-order chi connectivity index (χ0) is 10.8. The maximum atomic E-state index is 9.11. The summed E-state index contributed by atoms with van der Waals surface area (Å²) in [6, 6.07) is 0. The zero-order valence-corrected chi connectivity index (χ0v) is 10.1. The van der Waals surface area contributed by atoms with Gasteiger partial charge in [-0.15, -0.1) is 0 Å². The van der Waals surface area contributed by atoms with Gasteiger partial charge in [-0.05, 0) is 24.2 Å². The van der Waals surface area contributed by atoms with E-state index >= 15 is 0 Å². The Labute approximate surface area is 88.1 Å². The quantitative estimate of drug-likeness (QED) is 0.686. The van der Waals surface area contributed by atoms with Gasteiger partial charge in [-0.25, -0.2) is 0 Å². The van der Waals surface area contributed by atoms with Crippen molar-refractivity contribution in [2.24, 2.45) is 16.7 Å². The Morgan fingerprint density at radius 3 is 2.29 bits per heavy atom. The molecule has 1 fully saturated rings. The minimum absolute atomic E-state index is 0.0209. The highest BCUT2D eigenvalue weighted by Gasteiger charge is 2.44. The summed E-state index contributed by atoms with van der Waals surface area (Å²) in [5, 5.41) is 12.6. The fraction of sp³-hybridized carbons (Fsp3) is 1.00. The number of aliphatic hydroxyl groups excluding tert-OH is 1. The molecular formula is C12H25NO. The van der Waals surface area contributed by atoms with Crippen molar-refractivity contribution >= 4 is 0 Å². The van der Waals surface area contributed by atoms with Gasteiger partial charge in [0.2, 0.25) is 0 Å². The summed E-state index contributed by atoms with van der Waals surface area (Å²) in [5.41, 5.74) is 0.596. The molecule has 14 heavy (non-hydrogen) atoms. The number of nitrogens with one attached hydrogen (secondary N) is 1. The minimum atomic E-state index is 0.0209. The Morgan fingerprint density at radius 1 is 1.36 bits per heavy atom. The monoisotopic (exact) mass is 199 g/mol. The largest absolute Gasteiger partial charge is 0.396 e. The molecule has 0 bridgehead atoms. The Bertz CT molecular complexity index is 183. The fourth-order valence-corrected chi connectivity index (χ4v) is 1.82. The molecule has 0 amide bonds. The Balaban J connectivity index is 2.22. The van der Waals surface area contributed by atoms with Crippen molar-refractivity contribution in [2.75, 3.05) is 19.7 Å². The van der Waals surface area contributed by atoms with E-state index in [4.69, 9.17) is 5.11 Å². The molecule has 0 unspecified atom stereocenters. The van der Waals surface area contributed by atoms with Gasteiger partial charge in [0.05, 0.1) is 0 Å². The normalized spacial score (nSPS) is 20.1. The molecule has 2 N–H and O–H groups in total. The number of aliphatic hydroxyl groups is 1. The number of hydrogen-bond donors (Lipinski definition) is 2. The van der Waals surface area contributed by atoms with Crippen LogP contribution in [0.5, 0.6) is 0 Å². The summed E-state index contributed by atoms with van der Waals surface area (Å²) in [7, 11) is 0. The Morgan fingerprint density at radius 2 is 1.93 bits per heavy atom. The third-order valence-corrected chi connectivity index (χ3v) is 3.63. The number of rotatable bonds is 6. The summed E-state index contributed by atoms with van der Waals surface area (Å²) < 4.78 is 0. The molecule has 1 aliphatic carbocycles. The van der Waals surface area contributed by atoms with E-state index in [2.05, 4.69) is 33.0 Å². The van der Waals surface area contributed by atoms with Crippen LogP contribution in [0.25, 0.3) is 0 Å². The van der Waals surface area contributed by atoms with Gasteiger partial charge < -0.3 is 10.4 Å². The van der Waals surface area contributed by atoms with Crippen molar-refractivity contribution in [2.45, 2.75) is 40.5 Å². The van der Waals surface area contributed by atoms with Crippen LogP contribution >= 0.6 is 0 Å². The first-order valence-electron chi connectivity index (χ1n) is 5.73. The van der Waals surface area contributed by atoms with Crippen molar-refractivity contribution in [3.05, 3.63) is 0 Å². The molecule has 0 aromatic heterocycles. The molecule has 0 saturated heterocycles.